The quantitative estimate of drug-likeness (QED) is 0.778. The normalized spacial score (nSPS) is 10.6. The second-order valence-electron chi connectivity index (χ2n) is 4.84. The Morgan fingerprint density at radius 1 is 1.35 bits per heavy atom. The Morgan fingerprint density at radius 3 is 2.70 bits per heavy atom. The Kier molecular flexibility index (Phi) is 5.41. The van der Waals surface area contributed by atoms with Gasteiger partial charge in [0.1, 0.15) is 17.4 Å². The molecule has 0 aliphatic rings. The van der Waals surface area contributed by atoms with Gasteiger partial charge in [-0.25, -0.2) is 8.78 Å². The van der Waals surface area contributed by atoms with Crippen molar-refractivity contribution in [1.29, 1.82) is 0 Å². The van der Waals surface area contributed by atoms with Gasteiger partial charge in [0.2, 0.25) is 0 Å². The van der Waals surface area contributed by atoms with Crippen LogP contribution < -0.4 is 10.3 Å². The topological polar surface area (TPSA) is 31.2 Å². The first-order chi connectivity index (χ1) is 10.9. The first-order valence-corrected chi connectivity index (χ1v) is 7.16. The third-order valence-corrected chi connectivity index (χ3v) is 3.53. The average molecular weight is 338 g/mol. The number of hydrogen-bond donors (Lipinski definition) is 0. The highest BCUT2D eigenvalue weighted by Crippen LogP contribution is 2.27. The van der Waals surface area contributed by atoms with Gasteiger partial charge in [0.05, 0.1) is 12.2 Å². The molecule has 0 saturated heterocycles. The fourth-order valence-corrected chi connectivity index (χ4v) is 2.41. The van der Waals surface area contributed by atoms with Gasteiger partial charge >= 0.3 is 0 Å². The molecular weight excluding hydrogens is 324 g/mol. The van der Waals surface area contributed by atoms with Crippen LogP contribution >= 0.6 is 11.6 Å². The number of ether oxygens (including phenoxy) is 1. The molecule has 0 atom stereocenters. The highest BCUT2D eigenvalue weighted by atomic mass is 35.5. The third-order valence-electron chi connectivity index (χ3n) is 3.24. The second-order valence-corrected chi connectivity index (χ2v) is 5.25. The zero-order chi connectivity index (χ0) is 17.0. The standard InChI is InChI=1S/C17H14ClF2NO2/c1-3-8-23-12-4-5-13(11(2)9-12)15-7-6-14(18)17(22)21(15)10-16(19)20/h1,4-7,9,16H,8,10H2,2H3. The lowest BCUT2D eigenvalue weighted by Gasteiger charge is -2.15. The number of benzene rings is 1. The Hall–Kier alpha value is -2.32. The number of aryl methyl sites for hydroxylation is 1. The van der Waals surface area contributed by atoms with Crippen LogP contribution in [-0.4, -0.2) is 17.6 Å². The van der Waals surface area contributed by atoms with Gasteiger partial charge in [0.25, 0.3) is 12.0 Å². The second kappa shape index (κ2) is 7.30. The van der Waals surface area contributed by atoms with E-state index in [1.54, 1.807) is 31.2 Å². The van der Waals surface area contributed by atoms with Crippen molar-refractivity contribution >= 4 is 11.6 Å². The molecule has 23 heavy (non-hydrogen) atoms. The Morgan fingerprint density at radius 2 is 2.09 bits per heavy atom. The van der Waals surface area contributed by atoms with E-state index >= 15 is 0 Å². The maximum Gasteiger partial charge on any atom is 0.269 e. The third kappa shape index (κ3) is 3.91. The Balaban J connectivity index is 2.52. The van der Waals surface area contributed by atoms with Crippen LogP contribution in [0.25, 0.3) is 11.3 Å². The molecule has 0 amide bonds. The molecule has 3 nitrogen and oxygen atoms in total. The number of alkyl halides is 2. The Bertz CT molecular complexity index is 809. The minimum atomic E-state index is -2.66. The number of halogens is 3. The lowest BCUT2D eigenvalue weighted by atomic mass is 10.0. The number of terminal acetylenes is 1. The van der Waals surface area contributed by atoms with E-state index in [2.05, 4.69) is 5.92 Å². The van der Waals surface area contributed by atoms with E-state index in [1.807, 2.05) is 0 Å². The zero-order valence-electron chi connectivity index (χ0n) is 12.4. The summed E-state index contributed by atoms with van der Waals surface area (Å²) in [5.74, 6) is 2.93. The summed E-state index contributed by atoms with van der Waals surface area (Å²) in [5, 5.41) is -0.0963. The van der Waals surface area contributed by atoms with Crippen LogP contribution in [0.15, 0.2) is 35.1 Å². The van der Waals surface area contributed by atoms with Crippen molar-refractivity contribution in [2.75, 3.05) is 6.61 Å². The minimum absolute atomic E-state index is 0.0963. The predicted octanol–water partition coefficient (Wildman–Crippen LogP) is 3.75. The summed E-state index contributed by atoms with van der Waals surface area (Å²) in [6.07, 6.45) is 2.47. The monoisotopic (exact) mass is 337 g/mol. The van der Waals surface area contributed by atoms with E-state index in [9.17, 15) is 13.6 Å². The molecule has 0 aliphatic heterocycles. The lowest BCUT2D eigenvalue weighted by Crippen LogP contribution is -2.25. The van der Waals surface area contributed by atoms with Gasteiger partial charge in [-0.05, 0) is 42.8 Å². The van der Waals surface area contributed by atoms with Gasteiger partial charge in [0, 0.05) is 5.56 Å². The van der Waals surface area contributed by atoms with Crippen LogP contribution in [-0.2, 0) is 6.54 Å². The predicted molar refractivity (Wildman–Crippen MR) is 86.2 cm³/mol. The van der Waals surface area contributed by atoms with Crippen molar-refractivity contribution in [1.82, 2.24) is 4.57 Å². The summed E-state index contributed by atoms with van der Waals surface area (Å²) in [6.45, 7) is 1.21. The maximum atomic E-state index is 12.8. The summed E-state index contributed by atoms with van der Waals surface area (Å²) in [4.78, 5) is 12.1. The fourth-order valence-electron chi connectivity index (χ4n) is 2.24. The molecule has 2 rings (SSSR count). The van der Waals surface area contributed by atoms with Crippen molar-refractivity contribution in [3.05, 3.63) is 51.3 Å². The van der Waals surface area contributed by atoms with E-state index in [0.29, 0.717) is 17.0 Å². The number of rotatable bonds is 5. The highest BCUT2D eigenvalue weighted by molar-refractivity contribution is 6.30. The summed E-state index contributed by atoms with van der Waals surface area (Å²) in [7, 11) is 0. The van der Waals surface area contributed by atoms with Crippen molar-refractivity contribution in [2.45, 2.75) is 19.9 Å². The van der Waals surface area contributed by atoms with Gasteiger partial charge in [-0.15, -0.1) is 6.42 Å². The molecule has 120 valence electrons. The van der Waals surface area contributed by atoms with Crippen LogP contribution in [0.3, 0.4) is 0 Å². The molecule has 6 heteroatoms. The minimum Gasteiger partial charge on any atom is -0.481 e. The molecule has 1 aromatic carbocycles. The molecule has 0 saturated carbocycles. The summed E-state index contributed by atoms with van der Waals surface area (Å²) < 4.78 is 31.9. The van der Waals surface area contributed by atoms with Gasteiger partial charge in [0.15, 0.2) is 0 Å². The molecule has 2 aromatic rings. The van der Waals surface area contributed by atoms with Crippen LogP contribution in [0.4, 0.5) is 8.78 Å². The molecule has 1 aromatic heterocycles. The van der Waals surface area contributed by atoms with Gasteiger partial charge in [-0.2, -0.15) is 0 Å². The molecule has 0 fully saturated rings. The maximum absolute atomic E-state index is 12.8. The smallest absolute Gasteiger partial charge is 0.269 e. The first-order valence-electron chi connectivity index (χ1n) is 6.78. The van der Waals surface area contributed by atoms with E-state index < -0.39 is 18.5 Å². The van der Waals surface area contributed by atoms with Crippen LogP contribution in [0.1, 0.15) is 5.56 Å². The summed E-state index contributed by atoms with van der Waals surface area (Å²) in [5.41, 5.74) is 1.15. The van der Waals surface area contributed by atoms with Crippen molar-refractivity contribution < 1.29 is 13.5 Å². The Labute approximate surface area is 137 Å². The van der Waals surface area contributed by atoms with Gasteiger partial charge in [-0.1, -0.05) is 17.5 Å². The zero-order valence-corrected chi connectivity index (χ0v) is 13.1. The summed E-state index contributed by atoms with van der Waals surface area (Å²) in [6, 6.07) is 8.07. The van der Waals surface area contributed by atoms with E-state index in [1.165, 1.54) is 6.07 Å². The molecule has 1 heterocycles. The van der Waals surface area contributed by atoms with Crippen molar-refractivity contribution in [3.63, 3.8) is 0 Å². The molecule has 0 N–H and O–H groups in total. The molecule has 0 bridgehead atoms. The molecule has 0 aliphatic carbocycles. The summed E-state index contributed by atoms with van der Waals surface area (Å²) >= 11 is 5.76. The molecule has 0 spiro atoms. The fraction of sp³-hybridized carbons (Fsp3) is 0.235. The average Bonchev–Trinajstić information content (AvgIpc) is 2.50. The molecule has 0 unspecified atom stereocenters. The van der Waals surface area contributed by atoms with Crippen molar-refractivity contribution in [3.8, 4) is 29.4 Å². The first kappa shape index (κ1) is 17.0. The number of hydrogen-bond acceptors (Lipinski definition) is 2. The SMILES string of the molecule is C#CCOc1ccc(-c2ccc(Cl)c(=O)n2CC(F)F)c(C)c1. The van der Waals surface area contributed by atoms with Crippen molar-refractivity contribution in [2.24, 2.45) is 0 Å². The van der Waals surface area contributed by atoms with E-state index in [0.717, 1.165) is 10.1 Å². The number of nitrogens with zero attached hydrogens (tertiary/aromatic N) is 1. The van der Waals surface area contributed by atoms with Crippen LogP contribution in [0, 0.1) is 19.3 Å². The largest absolute Gasteiger partial charge is 0.481 e. The van der Waals surface area contributed by atoms with E-state index in [-0.39, 0.29) is 11.6 Å². The van der Waals surface area contributed by atoms with Gasteiger partial charge in [-0.3, -0.25) is 4.79 Å². The number of aromatic nitrogens is 1. The number of pyridine rings is 1. The van der Waals surface area contributed by atoms with E-state index in [4.69, 9.17) is 22.8 Å². The van der Waals surface area contributed by atoms with Crippen LogP contribution in [0.5, 0.6) is 5.75 Å². The molecular formula is C17H14ClF2NO2. The lowest BCUT2D eigenvalue weighted by molar-refractivity contribution is 0.126. The van der Waals surface area contributed by atoms with Gasteiger partial charge < -0.3 is 9.30 Å². The molecule has 0 radical (unpaired) electrons. The highest BCUT2D eigenvalue weighted by Gasteiger charge is 2.15. The van der Waals surface area contributed by atoms with Crippen LogP contribution in [0.2, 0.25) is 5.02 Å².